The fraction of sp³-hybridized carbons (Fsp3) is 0.176. The molecule has 1 aliphatic heterocycles. The minimum absolute atomic E-state index is 0.0613. The summed E-state index contributed by atoms with van der Waals surface area (Å²) < 4.78 is 7.74. The van der Waals surface area contributed by atoms with E-state index in [0.29, 0.717) is 21.1 Å². The van der Waals surface area contributed by atoms with Crippen molar-refractivity contribution in [2.75, 3.05) is 0 Å². The van der Waals surface area contributed by atoms with E-state index >= 15 is 0 Å². The third kappa shape index (κ3) is 3.52. The molecule has 0 saturated carbocycles. The van der Waals surface area contributed by atoms with Crippen LogP contribution in [0, 0.1) is 22.2 Å². The van der Waals surface area contributed by atoms with Crippen LogP contribution in [-0.4, -0.2) is 21.3 Å². The van der Waals surface area contributed by atoms with Crippen molar-refractivity contribution in [2.45, 2.75) is 20.4 Å². The molecular formula is C17H14N4O2S2. The lowest BCUT2D eigenvalue weighted by atomic mass is 10.2. The number of hydrogen-bond donors (Lipinski definition) is 1. The van der Waals surface area contributed by atoms with Gasteiger partial charge in [-0.1, -0.05) is 17.7 Å². The molecule has 2 heterocycles. The molecule has 6 nitrogen and oxygen atoms in total. The zero-order valence-corrected chi connectivity index (χ0v) is 15.2. The van der Waals surface area contributed by atoms with Crippen LogP contribution in [0.1, 0.15) is 17.4 Å². The predicted molar refractivity (Wildman–Crippen MR) is 101 cm³/mol. The second kappa shape index (κ2) is 7.01. The Morgan fingerprint density at radius 1 is 1.44 bits per heavy atom. The molecule has 1 aromatic carbocycles. The normalized spacial score (nSPS) is 16.8. The van der Waals surface area contributed by atoms with E-state index < -0.39 is 0 Å². The van der Waals surface area contributed by atoms with Crippen molar-refractivity contribution in [3.8, 4) is 11.9 Å². The van der Waals surface area contributed by atoms with Gasteiger partial charge in [0.2, 0.25) is 17.5 Å². The van der Waals surface area contributed by atoms with E-state index in [-0.39, 0.29) is 23.4 Å². The lowest BCUT2D eigenvalue weighted by Crippen LogP contribution is -2.07. The molecule has 3 rings (SSSR count). The number of aromatic nitrogens is 1. The lowest BCUT2D eigenvalue weighted by Gasteiger charge is -2.00. The predicted octanol–water partition coefficient (Wildman–Crippen LogP) is 4.34. The first-order valence-corrected chi connectivity index (χ1v) is 8.71. The molecule has 0 saturated heterocycles. The van der Waals surface area contributed by atoms with E-state index in [1.54, 1.807) is 10.6 Å². The molecule has 126 valence electrons. The number of benzene rings is 1. The standard InChI is InChI=1S/C17H14N4O2S2/c1-3-21-16(22)13(25-17(21)24)8-14-20-12(9-18)15(23-14)19-11-6-4-10(2)5-7-11/h4-8,22H,3H2,1-2H3/b14-8+,19-15?. The molecule has 0 bridgehead atoms. The summed E-state index contributed by atoms with van der Waals surface area (Å²) in [5, 5.41) is 19.4. The van der Waals surface area contributed by atoms with Crippen molar-refractivity contribution in [2.24, 2.45) is 9.98 Å². The van der Waals surface area contributed by atoms with Gasteiger partial charge in [0.1, 0.15) is 6.07 Å². The first-order valence-electron chi connectivity index (χ1n) is 7.48. The Balaban J connectivity index is 1.94. The largest absolute Gasteiger partial charge is 0.493 e. The minimum atomic E-state index is 0.0613. The summed E-state index contributed by atoms with van der Waals surface area (Å²) in [7, 11) is 0. The Morgan fingerprint density at radius 3 is 2.76 bits per heavy atom. The molecule has 0 amide bonds. The van der Waals surface area contributed by atoms with Gasteiger partial charge in [0.05, 0.1) is 10.6 Å². The number of ether oxygens (including phenoxy) is 1. The van der Waals surface area contributed by atoms with Gasteiger partial charge in [-0.15, -0.1) is 11.3 Å². The van der Waals surface area contributed by atoms with Crippen molar-refractivity contribution < 1.29 is 9.84 Å². The number of aromatic hydroxyl groups is 1. The minimum Gasteiger partial charge on any atom is -0.493 e. The molecular weight excluding hydrogens is 356 g/mol. The zero-order valence-electron chi connectivity index (χ0n) is 13.6. The molecule has 0 unspecified atom stereocenters. The van der Waals surface area contributed by atoms with Gasteiger partial charge in [-0.3, -0.25) is 4.57 Å². The van der Waals surface area contributed by atoms with Crippen molar-refractivity contribution in [1.82, 2.24) is 4.57 Å². The van der Waals surface area contributed by atoms with Gasteiger partial charge in [-0.2, -0.15) is 10.3 Å². The number of aryl methyl sites for hydroxylation is 1. The summed E-state index contributed by atoms with van der Waals surface area (Å²) in [6.45, 7) is 4.44. The topological polar surface area (TPSA) is 82.9 Å². The highest BCUT2D eigenvalue weighted by Gasteiger charge is 2.22. The maximum atomic E-state index is 10.2. The number of thiazole rings is 1. The molecule has 0 atom stereocenters. The lowest BCUT2D eigenvalue weighted by molar-refractivity contribution is 0.417. The van der Waals surface area contributed by atoms with Crippen LogP contribution in [0.3, 0.4) is 0 Å². The zero-order chi connectivity index (χ0) is 18.0. The molecule has 0 fully saturated rings. The Hall–Kier alpha value is -2.76. The quantitative estimate of drug-likeness (QED) is 0.815. The summed E-state index contributed by atoms with van der Waals surface area (Å²) in [6, 6.07) is 9.49. The average Bonchev–Trinajstić information content (AvgIpc) is 3.10. The number of rotatable bonds is 3. The van der Waals surface area contributed by atoms with Crippen molar-refractivity contribution >= 4 is 46.9 Å². The van der Waals surface area contributed by atoms with E-state index in [4.69, 9.17) is 17.0 Å². The highest BCUT2D eigenvalue weighted by Crippen LogP contribution is 2.30. The monoisotopic (exact) mass is 370 g/mol. The maximum Gasteiger partial charge on any atom is 0.258 e. The molecule has 1 aliphatic rings. The molecule has 1 N–H and O–H groups in total. The van der Waals surface area contributed by atoms with Crippen LogP contribution in [0.2, 0.25) is 0 Å². The third-order valence-corrected chi connectivity index (χ3v) is 4.85. The van der Waals surface area contributed by atoms with Crippen LogP contribution in [0.15, 0.2) is 40.1 Å². The van der Waals surface area contributed by atoms with Crippen LogP contribution < -0.4 is 0 Å². The number of nitriles is 1. The summed E-state index contributed by atoms with van der Waals surface area (Å²) in [6.07, 6.45) is 1.55. The summed E-state index contributed by atoms with van der Waals surface area (Å²) in [4.78, 5) is 8.97. The van der Waals surface area contributed by atoms with Crippen LogP contribution in [0.4, 0.5) is 5.69 Å². The number of hydrogen-bond acceptors (Lipinski definition) is 7. The molecule has 0 radical (unpaired) electrons. The molecule has 0 spiro atoms. The van der Waals surface area contributed by atoms with Gasteiger partial charge >= 0.3 is 0 Å². The molecule has 25 heavy (non-hydrogen) atoms. The van der Waals surface area contributed by atoms with Gasteiger partial charge in [0.15, 0.2) is 3.95 Å². The van der Waals surface area contributed by atoms with E-state index in [0.717, 1.165) is 5.56 Å². The van der Waals surface area contributed by atoms with Gasteiger partial charge in [-0.25, -0.2) is 4.99 Å². The average molecular weight is 370 g/mol. The Labute approximate surface area is 153 Å². The smallest absolute Gasteiger partial charge is 0.258 e. The van der Waals surface area contributed by atoms with Gasteiger partial charge in [0.25, 0.3) is 5.90 Å². The van der Waals surface area contributed by atoms with Crippen LogP contribution in [-0.2, 0) is 11.3 Å². The van der Waals surface area contributed by atoms with Crippen LogP contribution in [0.5, 0.6) is 5.88 Å². The van der Waals surface area contributed by atoms with Crippen molar-refractivity contribution in [3.63, 3.8) is 0 Å². The fourth-order valence-electron chi connectivity index (χ4n) is 2.17. The van der Waals surface area contributed by atoms with Crippen molar-refractivity contribution in [3.05, 3.63) is 44.5 Å². The van der Waals surface area contributed by atoms with Crippen LogP contribution >= 0.6 is 23.6 Å². The van der Waals surface area contributed by atoms with E-state index in [2.05, 4.69) is 9.98 Å². The van der Waals surface area contributed by atoms with Gasteiger partial charge < -0.3 is 9.84 Å². The third-order valence-electron chi connectivity index (χ3n) is 3.46. The molecule has 1 aromatic heterocycles. The molecule has 0 aliphatic carbocycles. The fourth-order valence-corrected chi connectivity index (χ4v) is 3.53. The Bertz CT molecular complexity index is 1000. The second-order valence-corrected chi connectivity index (χ2v) is 6.89. The SMILES string of the molecule is CCn1c(O)c(/C=C2\N=C(C#N)C(=Nc3ccc(C)cc3)O2)sc1=S. The summed E-state index contributed by atoms with van der Waals surface area (Å²) >= 11 is 6.45. The highest BCUT2D eigenvalue weighted by atomic mass is 32.1. The molecule has 2 aromatic rings. The van der Waals surface area contributed by atoms with E-state index in [1.807, 2.05) is 44.2 Å². The first kappa shape index (κ1) is 17.1. The van der Waals surface area contributed by atoms with Gasteiger partial charge in [-0.05, 0) is 38.2 Å². The Morgan fingerprint density at radius 2 is 2.16 bits per heavy atom. The molecule has 8 heteroatoms. The Kier molecular flexibility index (Phi) is 4.79. The van der Waals surface area contributed by atoms with Crippen molar-refractivity contribution in [1.29, 1.82) is 5.26 Å². The number of aliphatic imine (C=N–C) groups is 2. The number of nitrogens with zero attached hydrogens (tertiary/aromatic N) is 4. The van der Waals surface area contributed by atoms with Gasteiger partial charge in [0, 0.05) is 12.6 Å². The van der Waals surface area contributed by atoms with E-state index in [1.165, 1.54) is 11.3 Å². The summed E-state index contributed by atoms with van der Waals surface area (Å²) in [5.41, 5.74) is 1.87. The highest BCUT2D eigenvalue weighted by molar-refractivity contribution is 7.73. The maximum absolute atomic E-state index is 10.2. The first-order chi connectivity index (χ1) is 12.0. The second-order valence-electron chi connectivity index (χ2n) is 5.21. The van der Waals surface area contributed by atoms with Crippen LogP contribution in [0.25, 0.3) is 6.08 Å². The van der Waals surface area contributed by atoms with E-state index in [9.17, 15) is 10.4 Å². The summed E-state index contributed by atoms with van der Waals surface area (Å²) in [5.74, 6) is 0.388.